The Morgan fingerprint density at radius 2 is 2.25 bits per heavy atom. The van der Waals surface area contributed by atoms with Gasteiger partial charge in [-0.3, -0.25) is 4.79 Å². The van der Waals surface area contributed by atoms with Gasteiger partial charge in [0.15, 0.2) is 0 Å². The smallest absolute Gasteiger partial charge is 0.325 e. The number of carboxylic acid groups (broad SMARTS) is 1. The Kier molecular flexibility index (Phi) is 4.54. The molecule has 1 saturated heterocycles. The first-order valence-electron chi connectivity index (χ1n) is 5.40. The third-order valence-corrected chi connectivity index (χ3v) is 2.45. The van der Waals surface area contributed by atoms with Crippen LogP contribution >= 0.6 is 0 Å². The number of carboxylic acids is 1. The summed E-state index contributed by atoms with van der Waals surface area (Å²) in [5, 5.41) is 11.1. The topological polar surface area (TPSA) is 78.9 Å². The molecule has 0 aliphatic carbocycles. The van der Waals surface area contributed by atoms with Crippen LogP contribution in [0.25, 0.3) is 0 Å². The lowest BCUT2D eigenvalue weighted by atomic mass is 10.3. The van der Waals surface area contributed by atoms with E-state index in [4.69, 9.17) is 9.84 Å². The number of nitrogens with zero attached hydrogens (tertiary/aromatic N) is 1. The zero-order valence-corrected chi connectivity index (χ0v) is 9.60. The first kappa shape index (κ1) is 12.8. The third kappa shape index (κ3) is 3.69. The maximum atomic E-state index is 11.7. The van der Waals surface area contributed by atoms with E-state index in [0.29, 0.717) is 19.7 Å². The number of rotatable bonds is 2. The van der Waals surface area contributed by atoms with Crippen molar-refractivity contribution < 1.29 is 19.4 Å². The fourth-order valence-corrected chi connectivity index (χ4v) is 1.52. The lowest BCUT2D eigenvalue weighted by Gasteiger charge is -2.23. The Morgan fingerprint density at radius 3 is 2.88 bits per heavy atom. The van der Waals surface area contributed by atoms with Crippen molar-refractivity contribution in [1.29, 1.82) is 0 Å². The molecule has 1 heterocycles. The van der Waals surface area contributed by atoms with Crippen molar-refractivity contribution >= 4 is 12.0 Å². The van der Waals surface area contributed by atoms with E-state index in [1.54, 1.807) is 4.90 Å². The summed E-state index contributed by atoms with van der Waals surface area (Å²) in [4.78, 5) is 23.9. The summed E-state index contributed by atoms with van der Waals surface area (Å²) in [6.07, 6.45) is 0.771. The molecule has 0 aromatic carbocycles. The monoisotopic (exact) mass is 230 g/mol. The Hall–Kier alpha value is -1.30. The normalized spacial score (nSPS) is 23.4. The molecule has 0 radical (unpaired) electrons. The van der Waals surface area contributed by atoms with E-state index >= 15 is 0 Å². The molecule has 16 heavy (non-hydrogen) atoms. The molecule has 2 amide bonds. The number of carbonyl (C=O) groups excluding carboxylic acids is 1. The van der Waals surface area contributed by atoms with Crippen molar-refractivity contribution in [3.05, 3.63) is 0 Å². The highest BCUT2D eigenvalue weighted by Crippen LogP contribution is 2.05. The highest BCUT2D eigenvalue weighted by Gasteiger charge is 2.22. The number of ether oxygens (including phenoxy) is 1. The molecule has 6 heteroatoms. The first-order valence-corrected chi connectivity index (χ1v) is 5.40. The number of hydrogen-bond donors (Lipinski definition) is 2. The van der Waals surface area contributed by atoms with Crippen LogP contribution in [-0.2, 0) is 9.53 Å². The fourth-order valence-electron chi connectivity index (χ4n) is 1.52. The predicted molar refractivity (Wildman–Crippen MR) is 57.2 cm³/mol. The van der Waals surface area contributed by atoms with Gasteiger partial charge >= 0.3 is 12.0 Å². The van der Waals surface area contributed by atoms with Gasteiger partial charge in [0.2, 0.25) is 0 Å². The summed E-state index contributed by atoms with van der Waals surface area (Å²) in [6, 6.07) is -1.21. The van der Waals surface area contributed by atoms with Crippen molar-refractivity contribution in [2.24, 2.45) is 0 Å². The largest absolute Gasteiger partial charge is 0.480 e. The Labute approximate surface area is 94.6 Å². The van der Waals surface area contributed by atoms with Gasteiger partial charge in [0.05, 0.1) is 6.10 Å². The number of hydrogen-bond acceptors (Lipinski definition) is 3. The summed E-state index contributed by atoms with van der Waals surface area (Å²) in [6.45, 7) is 5.07. The van der Waals surface area contributed by atoms with Crippen molar-refractivity contribution in [3.8, 4) is 0 Å². The van der Waals surface area contributed by atoms with Crippen molar-refractivity contribution in [2.75, 3.05) is 19.7 Å². The molecule has 0 aromatic heterocycles. The van der Waals surface area contributed by atoms with Gasteiger partial charge in [-0.1, -0.05) is 0 Å². The van der Waals surface area contributed by atoms with E-state index in [9.17, 15) is 9.59 Å². The van der Waals surface area contributed by atoms with Crippen molar-refractivity contribution in [2.45, 2.75) is 32.4 Å². The van der Waals surface area contributed by atoms with Gasteiger partial charge in [-0.25, -0.2) is 4.79 Å². The number of aliphatic carboxylic acids is 1. The molecule has 0 bridgehead atoms. The maximum absolute atomic E-state index is 11.7. The quantitative estimate of drug-likeness (QED) is 0.714. The lowest BCUT2D eigenvalue weighted by Crippen LogP contribution is -2.48. The first-order chi connectivity index (χ1) is 7.50. The summed E-state index contributed by atoms with van der Waals surface area (Å²) in [5.74, 6) is -1.03. The molecule has 0 spiro atoms. The number of nitrogens with one attached hydrogen (secondary N) is 1. The van der Waals surface area contributed by atoms with E-state index in [1.165, 1.54) is 6.92 Å². The SMILES string of the molecule is CC1CN(C(=O)N[C@H](C)C(=O)O)CCCO1. The molecule has 6 nitrogen and oxygen atoms in total. The maximum Gasteiger partial charge on any atom is 0.325 e. The van der Waals surface area contributed by atoms with Gasteiger partial charge in [-0.15, -0.1) is 0 Å². The van der Waals surface area contributed by atoms with Gasteiger partial charge in [0.1, 0.15) is 6.04 Å². The molecule has 0 aromatic rings. The van der Waals surface area contributed by atoms with Gasteiger partial charge < -0.3 is 20.1 Å². The Bertz CT molecular complexity index is 270. The molecule has 1 aliphatic heterocycles. The minimum atomic E-state index is -1.03. The van der Waals surface area contributed by atoms with Crippen LogP contribution in [0.5, 0.6) is 0 Å². The molecule has 1 fully saturated rings. The highest BCUT2D eigenvalue weighted by atomic mass is 16.5. The van der Waals surface area contributed by atoms with Crippen LogP contribution in [0.15, 0.2) is 0 Å². The van der Waals surface area contributed by atoms with E-state index in [1.807, 2.05) is 6.92 Å². The molecule has 1 unspecified atom stereocenters. The molecule has 1 aliphatic rings. The zero-order chi connectivity index (χ0) is 12.1. The second-order valence-corrected chi connectivity index (χ2v) is 3.99. The Morgan fingerprint density at radius 1 is 1.56 bits per heavy atom. The molecular weight excluding hydrogens is 212 g/mol. The summed E-state index contributed by atoms with van der Waals surface area (Å²) >= 11 is 0. The molecule has 2 atom stereocenters. The van der Waals surface area contributed by atoms with Crippen LogP contribution in [-0.4, -0.2) is 53.8 Å². The average molecular weight is 230 g/mol. The van der Waals surface area contributed by atoms with Gasteiger partial charge in [-0.05, 0) is 20.3 Å². The highest BCUT2D eigenvalue weighted by molar-refractivity contribution is 5.82. The minimum Gasteiger partial charge on any atom is -0.480 e. The summed E-state index contributed by atoms with van der Waals surface area (Å²) in [7, 11) is 0. The second-order valence-electron chi connectivity index (χ2n) is 3.99. The lowest BCUT2D eigenvalue weighted by molar-refractivity contribution is -0.138. The minimum absolute atomic E-state index is 0.00613. The van der Waals surface area contributed by atoms with Gasteiger partial charge in [0, 0.05) is 19.7 Å². The van der Waals surface area contributed by atoms with E-state index < -0.39 is 12.0 Å². The average Bonchev–Trinajstić information content (AvgIpc) is 2.42. The zero-order valence-electron chi connectivity index (χ0n) is 9.60. The van der Waals surface area contributed by atoms with Crippen LogP contribution in [0, 0.1) is 0 Å². The predicted octanol–water partition coefficient (Wildman–Crippen LogP) is 0.280. The molecule has 2 N–H and O–H groups in total. The van der Waals surface area contributed by atoms with Crippen LogP contribution in [0.3, 0.4) is 0 Å². The fraction of sp³-hybridized carbons (Fsp3) is 0.800. The molecule has 1 rings (SSSR count). The molecule has 92 valence electrons. The van der Waals surface area contributed by atoms with Crippen LogP contribution in [0.1, 0.15) is 20.3 Å². The van der Waals surface area contributed by atoms with Crippen LogP contribution < -0.4 is 5.32 Å². The van der Waals surface area contributed by atoms with Gasteiger partial charge in [-0.2, -0.15) is 0 Å². The number of amides is 2. The standard InChI is InChI=1S/C10H18N2O4/c1-7-6-12(4-3-5-16-7)10(15)11-8(2)9(13)14/h7-8H,3-6H2,1-2H3,(H,11,15)(H,13,14)/t7?,8-/m1/s1. The molecule has 0 saturated carbocycles. The number of carbonyl (C=O) groups is 2. The third-order valence-electron chi connectivity index (χ3n) is 2.45. The van der Waals surface area contributed by atoms with Gasteiger partial charge in [0.25, 0.3) is 0 Å². The van der Waals surface area contributed by atoms with Crippen molar-refractivity contribution in [1.82, 2.24) is 10.2 Å². The second kappa shape index (κ2) is 5.69. The van der Waals surface area contributed by atoms with E-state index in [2.05, 4.69) is 5.32 Å². The number of urea groups is 1. The van der Waals surface area contributed by atoms with Crippen molar-refractivity contribution in [3.63, 3.8) is 0 Å². The summed E-state index contributed by atoms with van der Waals surface area (Å²) < 4.78 is 5.40. The molecular formula is C10H18N2O4. The Balaban J connectivity index is 2.48. The van der Waals surface area contributed by atoms with E-state index in [0.717, 1.165) is 6.42 Å². The van der Waals surface area contributed by atoms with E-state index in [-0.39, 0.29) is 12.1 Å². The summed E-state index contributed by atoms with van der Waals surface area (Å²) in [5.41, 5.74) is 0. The van der Waals surface area contributed by atoms with Crippen LogP contribution in [0.4, 0.5) is 4.79 Å². The van der Waals surface area contributed by atoms with Crippen LogP contribution in [0.2, 0.25) is 0 Å².